The standard InChI is InChI=1S/C13H16N4O/c1-15-13(18)11-5-3-7-17(9-11)12-10(8-14)4-2-6-16-12/h2,4,6,11H,3,5,7,9H2,1H3,(H,15,18). The minimum absolute atomic E-state index is 0.0164. The van der Waals surface area contributed by atoms with E-state index < -0.39 is 0 Å². The van der Waals surface area contributed by atoms with Crippen LogP contribution in [-0.2, 0) is 4.79 Å². The average molecular weight is 244 g/mol. The van der Waals surface area contributed by atoms with Crippen molar-refractivity contribution in [3.63, 3.8) is 0 Å². The van der Waals surface area contributed by atoms with Crippen molar-refractivity contribution in [3.8, 4) is 6.07 Å². The van der Waals surface area contributed by atoms with E-state index in [1.54, 1.807) is 25.4 Å². The molecule has 0 bridgehead atoms. The molecule has 1 aromatic rings. The van der Waals surface area contributed by atoms with Crippen LogP contribution in [0, 0.1) is 17.2 Å². The molecule has 0 radical (unpaired) electrons. The third kappa shape index (κ3) is 2.43. The molecule has 1 N–H and O–H groups in total. The average Bonchev–Trinajstić information content (AvgIpc) is 2.46. The molecule has 2 heterocycles. The fraction of sp³-hybridized carbons (Fsp3) is 0.462. The Labute approximate surface area is 106 Å². The minimum Gasteiger partial charge on any atom is -0.359 e. The largest absolute Gasteiger partial charge is 0.359 e. The van der Waals surface area contributed by atoms with Gasteiger partial charge in [-0.2, -0.15) is 5.26 Å². The first-order chi connectivity index (χ1) is 8.76. The van der Waals surface area contributed by atoms with Crippen molar-refractivity contribution >= 4 is 11.7 Å². The van der Waals surface area contributed by atoms with E-state index in [1.165, 1.54) is 0 Å². The van der Waals surface area contributed by atoms with E-state index >= 15 is 0 Å². The zero-order valence-electron chi connectivity index (χ0n) is 10.4. The van der Waals surface area contributed by atoms with Gasteiger partial charge in [-0.3, -0.25) is 4.79 Å². The van der Waals surface area contributed by atoms with Crippen molar-refractivity contribution < 1.29 is 4.79 Å². The lowest BCUT2D eigenvalue weighted by Gasteiger charge is -2.33. The number of rotatable bonds is 2. The monoisotopic (exact) mass is 244 g/mol. The van der Waals surface area contributed by atoms with Gasteiger partial charge in [0.05, 0.1) is 11.5 Å². The van der Waals surface area contributed by atoms with Crippen molar-refractivity contribution in [2.24, 2.45) is 5.92 Å². The molecule has 5 nitrogen and oxygen atoms in total. The topological polar surface area (TPSA) is 69.0 Å². The summed E-state index contributed by atoms with van der Waals surface area (Å²) in [6, 6.07) is 5.65. The zero-order chi connectivity index (χ0) is 13.0. The first-order valence-electron chi connectivity index (χ1n) is 6.08. The molecule has 18 heavy (non-hydrogen) atoms. The van der Waals surface area contributed by atoms with Crippen LogP contribution in [0.2, 0.25) is 0 Å². The number of nitrogens with zero attached hydrogens (tertiary/aromatic N) is 3. The Morgan fingerprint density at radius 2 is 2.50 bits per heavy atom. The molecule has 0 saturated carbocycles. The highest BCUT2D eigenvalue weighted by molar-refractivity contribution is 5.79. The number of carbonyl (C=O) groups is 1. The van der Waals surface area contributed by atoms with Crippen LogP contribution in [0.4, 0.5) is 5.82 Å². The summed E-state index contributed by atoms with van der Waals surface area (Å²) < 4.78 is 0. The number of aromatic nitrogens is 1. The number of hydrogen-bond acceptors (Lipinski definition) is 4. The molecule has 94 valence electrons. The molecule has 1 atom stereocenters. The van der Waals surface area contributed by atoms with Crippen molar-refractivity contribution in [2.75, 3.05) is 25.0 Å². The van der Waals surface area contributed by atoms with Gasteiger partial charge in [0.2, 0.25) is 5.91 Å². The van der Waals surface area contributed by atoms with Gasteiger partial charge in [0.15, 0.2) is 0 Å². The summed E-state index contributed by atoms with van der Waals surface area (Å²) in [5, 5.41) is 11.8. The van der Waals surface area contributed by atoms with Crippen LogP contribution in [0.5, 0.6) is 0 Å². The van der Waals surface area contributed by atoms with Crippen LogP contribution >= 0.6 is 0 Å². The van der Waals surface area contributed by atoms with Crippen LogP contribution in [0.1, 0.15) is 18.4 Å². The molecule has 1 aliphatic heterocycles. The molecule has 2 rings (SSSR count). The molecule has 0 aliphatic carbocycles. The number of carbonyl (C=O) groups excluding carboxylic acids is 1. The summed E-state index contributed by atoms with van der Waals surface area (Å²) in [7, 11) is 1.66. The van der Waals surface area contributed by atoms with E-state index in [9.17, 15) is 4.79 Å². The number of hydrogen-bond donors (Lipinski definition) is 1. The molecule has 1 aromatic heterocycles. The maximum absolute atomic E-state index is 11.7. The Bertz CT molecular complexity index is 480. The van der Waals surface area contributed by atoms with Crippen molar-refractivity contribution in [1.29, 1.82) is 5.26 Å². The van der Waals surface area contributed by atoms with E-state index in [1.807, 2.05) is 4.90 Å². The number of anilines is 1. The fourth-order valence-electron chi connectivity index (χ4n) is 2.32. The first kappa shape index (κ1) is 12.4. The summed E-state index contributed by atoms with van der Waals surface area (Å²) in [6.07, 6.45) is 3.52. The van der Waals surface area contributed by atoms with Gasteiger partial charge in [-0.25, -0.2) is 4.98 Å². The number of amides is 1. The van der Waals surface area contributed by atoms with Gasteiger partial charge < -0.3 is 10.2 Å². The number of nitriles is 1. The second-order valence-corrected chi connectivity index (χ2v) is 4.39. The fourth-order valence-corrected chi connectivity index (χ4v) is 2.32. The summed E-state index contributed by atoms with van der Waals surface area (Å²) in [4.78, 5) is 18.0. The zero-order valence-corrected chi connectivity index (χ0v) is 10.4. The molecule has 0 spiro atoms. The van der Waals surface area contributed by atoms with Gasteiger partial charge >= 0.3 is 0 Å². The van der Waals surface area contributed by atoms with Gasteiger partial charge in [0, 0.05) is 26.3 Å². The first-order valence-corrected chi connectivity index (χ1v) is 6.08. The van der Waals surface area contributed by atoms with Crippen LogP contribution in [0.3, 0.4) is 0 Å². The summed E-state index contributed by atoms with van der Waals surface area (Å²) in [5.74, 6) is 0.736. The van der Waals surface area contributed by atoms with Crippen LogP contribution in [-0.4, -0.2) is 31.0 Å². The highest BCUT2D eigenvalue weighted by atomic mass is 16.1. The molecule has 5 heteroatoms. The van der Waals surface area contributed by atoms with Gasteiger partial charge in [-0.05, 0) is 25.0 Å². The highest BCUT2D eigenvalue weighted by Crippen LogP contribution is 2.24. The molecule has 1 fully saturated rings. The van der Waals surface area contributed by atoms with E-state index in [0.717, 1.165) is 19.4 Å². The van der Waals surface area contributed by atoms with Crippen LogP contribution < -0.4 is 10.2 Å². The Morgan fingerprint density at radius 1 is 1.67 bits per heavy atom. The number of nitrogens with one attached hydrogen (secondary N) is 1. The summed E-state index contributed by atoms with van der Waals surface area (Å²) >= 11 is 0. The highest BCUT2D eigenvalue weighted by Gasteiger charge is 2.26. The molecule has 1 saturated heterocycles. The van der Waals surface area contributed by atoms with Gasteiger partial charge in [-0.1, -0.05) is 0 Å². The number of piperidine rings is 1. The third-order valence-electron chi connectivity index (χ3n) is 3.25. The molecule has 1 unspecified atom stereocenters. The van der Waals surface area contributed by atoms with Crippen LogP contribution in [0.15, 0.2) is 18.3 Å². The summed E-state index contributed by atoms with van der Waals surface area (Å²) in [5.41, 5.74) is 0.565. The van der Waals surface area contributed by atoms with Crippen LogP contribution in [0.25, 0.3) is 0 Å². The molecule has 1 aliphatic rings. The number of pyridine rings is 1. The maximum Gasteiger partial charge on any atom is 0.224 e. The Balaban J connectivity index is 2.18. The van der Waals surface area contributed by atoms with Gasteiger partial charge in [-0.15, -0.1) is 0 Å². The summed E-state index contributed by atoms with van der Waals surface area (Å²) in [6.45, 7) is 1.48. The van der Waals surface area contributed by atoms with Crippen molar-refractivity contribution in [1.82, 2.24) is 10.3 Å². The lowest BCUT2D eigenvalue weighted by atomic mass is 9.97. The van der Waals surface area contributed by atoms with Gasteiger partial charge in [0.1, 0.15) is 11.9 Å². The van der Waals surface area contributed by atoms with E-state index in [2.05, 4.69) is 16.4 Å². The van der Waals surface area contributed by atoms with E-state index in [0.29, 0.717) is 17.9 Å². The Kier molecular flexibility index (Phi) is 3.78. The normalized spacial score (nSPS) is 19.1. The smallest absolute Gasteiger partial charge is 0.224 e. The SMILES string of the molecule is CNC(=O)C1CCCN(c2ncccc2C#N)C1. The molecular formula is C13H16N4O. The lowest BCUT2D eigenvalue weighted by Crippen LogP contribution is -2.42. The van der Waals surface area contributed by atoms with Crippen molar-refractivity contribution in [2.45, 2.75) is 12.8 Å². The molecule has 0 aromatic carbocycles. The Hall–Kier alpha value is -2.09. The predicted octanol–water partition coefficient (Wildman–Crippen LogP) is 0.916. The second kappa shape index (κ2) is 5.50. The van der Waals surface area contributed by atoms with E-state index in [-0.39, 0.29) is 11.8 Å². The Morgan fingerprint density at radius 3 is 3.22 bits per heavy atom. The molecule has 1 amide bonds. The third-order valence-corrected chi connectivity index (χ3v) is 3.25. The molecular weight excluding hydrogens is 228 g/mol. The lowest BCUT2D eigenvalue weighted by molar-refractivity contribution is -0.124. The minimum atomic E-state index is -0.0164. The van der Waals surface area contributed by atoms with Gasteiger partial charge in [0.25, 0.3) is 0 Å². The second-order valence-electron chi connectivity index (χ2n) is 4.39. The predicted molar refractivity (Wildman–Crippen MR) is 68.0 cm³/mol. The van der Waals surface area contributed by atoms with Crippen molar-refractivity contribution in [3.05, 3.63) is 23.9 Å². The maximum atomic E-state index is 11.7. The quantitative estimate of drug-likeness (QED) is 0.839. The van der Waals surface area contributed by atoms with E-state index in [4.69, 9.17) is 5.26 Å².